The van der Waals surface area contributed by atoms with Crippen LogP contribution < -0.4 is 5.32 Å². The summed E-state index contributed by atoms with van der Waals surface area (Å²) in [6, 6.07) is 1.96. The third-order valence-corrected chi connectivity index (χ3v) is 3.58. The second-order valence-corrected chi connectivity index (χ2v) is 5.21. The number of carbonyl (C=O) groups is 2. The predicted molar refractivity (Wildman–Crippen MR) is 74.6 cm³/mol. The van der Waals surface area contributed by atoms with Crippen LogP contribution in [-0.2, 0) is 9.59 Å². The minimum absolute atomic E-state index is 0.0228. The Labute approximate surface area is 114 Å². The van der Waals surface area contributed by atoms with E-state index in [9.17, 15) is 9.59 Å². The molecule has 0 saturated carbocycles. The molecule has 2 rings (SSSR count). The highest BCUT2D eigenvalue weighted by Gasteiger charge is 2.12. The molecular weight excluding hydrogens is 264 g/mol. The highest BCUT2D eigenvalue weighted by atomic mass is 32.1. The van der Waals surface area contributed by atoms with Gasteiger partial charge in [0.2, 0.25) is 5.91 Å². The first-order chi connectivity index (χ1) is 8.97. The summed E-state index contributed by atoms with van der Waals surface area (Å²) in [7, 11) is 0. The van der Waals surface area contributed by atoms with Crippen molar-refractivity contribution in [3.8, 4) is 0 Å². The molecule has 0 fully saturated rings. The van der Waals surface area contributed by atoms with Crippen molar-refractivity contribution in [1.82, 2.24) is 4.98 Å². The van der Waals surface area contributed by atoms with E-state index in [1.54, 1.807) is 0 Å². The molecule has 0 radical (unpaired) electrons. The minimum Gasteiger partial charge on any atom is -0.481 e. The lowest BCUT2D eigenvalue weighted by Gasteiger charge is -2.05. The number of aromatic nitrogens is 1. The molecule has 0 atom stereocenters. The van der Waals surface area contributed by atoms with Gasteiger partial charge in [-0.3, -0.25) is 9.59 Å². The lowest BCUT2D eigenvalue weighted by molar-refractivity contribution is -0.138. The fourth-order valence-corrected chi connectivity index (χ4v) is 2.91. The Kier molecular flexibility index (Phi) is 3.80. The van der Waals surface area contributed by atoms with E-state index in [1.165, 1.54) is 11.3 Å². The van der Waals surface area contributed by atoms with Crippen molar-refractivity contribution < 1.29 is 14.7 Å². The van der Waals surface area contributed by atoms with Gasteiger partial charge in [-0.2, -0.15) is 0 Å². The van der Waals surface area contributed by atoms with E-state index < -0.39 is 5.97 Å². The van der Waals surface area contributed by atoms with E-state index in [1.807, 2.05) is 25.3 Å². The van der Waals surface area contributed by atoms with Crippen LogP contribution in [0.15, 0.2) is 11.4 Å². The molecule has 2 heterocycles. The Bertz CT molecular complexity index is 649. The molecule has 0 aliphatic heterocycles. The SMILES string of the molecule is Cc1cc(C)c2c(NC(=O)CCC(=O)O)csc2n1. The number of aliphatic carboxylic acids is 1. The van der Waals surface area contributed by atoms with Crippen molar-refractivity contribution in [3.05, 3.63) is 22.7 Å². The normalized spacial score (nSPS) is 10.6. The van der Waals surface area contributed by atoms with Gasteiger partial charge in [-0.1, -0.05) is 0 Å². The molecule has 2 N–H and O–H groups in total. The van der Waals surface area contributed by atoms with Gasteiger partial charge in [-0.15, -0.1) is 11.3 Å². The zero-order valence-electron chi connectivity index (χ0n) is 10.7. The van der Waals surface area contributed by atoms with Gasteiger partial charge in [0.1, 0.15) is 4.83 Å². The van der Waals surface area contributed by atoms with E-state index in [-0.39, 0.29) is 18.7 Å². The monoisotopic (exact) mass is 278 g/mol. The van der Waals surface area contributed by atoms with Gasteiger partial charge in [0.05, 0.1) is 12.1 Å². The zero-order valence-corrected chi connectivity index (χ0v) is 11.5. The fraction of sp³-hybridized carbons (Fsp3) is 0.308. The van der Waals surface area contributed by atoms with Crippen LogP contribution in [0.5, 0.6) is 0 Å². The van der Waals surface area contributed by atoms with E-state index in [4.69, 9.17) is 5.11 Å². The molecule has 19 heavy (non-hydrogen) atoms. The topological polar surface area (TPSA) is 79.3 Å². The third-order valence-electron chi connectivity index (χ3n) is 2.71. The lowest BCUT2D eigenvalue weighted by atomic mass is 10.1. The summed E-state index contributed by atoms with van der Waals surface area (Å²) in [6.07, 6.45) is -0.185. The largest absolute Gasteiger partial charge is 0.481 e. The first-order valence-corrected chi connectivity index (χ1v) is 6.72. The number of nitrogens with one attached hydrogen (secondary N) is 1. The maximum absolute atomic E-state index is 11.6. The Morgan fingerprint density at radius 2 is 2.11 bits per heavy atom. The van der Waals surface area contributed by atoms with Gasteiger partial charge in [-0.25, -0.2) is 4.98 Å². The fourth-order valence-electron chi connectivity index (χ4n) is 1.91. The van der Waals surface area contributed by atoms with E-state index >= 15 is 0 Å². The Balaban J connectivity index is 2.22. The van der Waals surface area contributed by atoms with Gasteiger partial charge < -0.3 is 10.4 Å². The average Bonchev–Trinajstić information content (AvgIpc) is 2.69. The Morgan fingerprint density at radius 3 is 2.79 bits per heavy atom. The van der Waals surface area contributed by atoms with Gasteiger partial charge >= 0.3 is 5.97 Å². The molecule has 2 aromatic rings. The van der Waals surface area contributed by atoms with E-state index in [0.29, 0.717) is 5.69 Å². The molecule has 0 aliphatic rings. The van der Waals surface area contributed by atoms with Crippen LogP contribution in [0.4, 0.5) is 5.69 Å². The number of hydrogen-bond donors (Lipinski definition) is 2. The number of carboxylic acid groups (broad SMARTS) is 1. The molecule has 0 aliphatic carbocycles. The Hall–Kier alpha value is -1.95. The second-order valence-electron chi connectivity index (χ2n) is 4.35. The first-order valence-electron chi connectivity index (χ1n) is 5.84. The van der Waals surface area contributed by atoms with Crippen molar-refractivity contribution in [3.63, 3.8) is 0 Å². The molecule has 5 nitrogen and oxygen atoms in total. The number of pyridine rings is 1. The number of carbonyl (C=O) groups excluding carboxylic acids is 1. The quantitative estimate of drug-likeness (QED) is 0.901. The molecule has 100 valence electrons. The first kappa shape index (κ1) is 13.5. The number of amides is 1. The van der Waals surface area contributed by atoms with Crippen molar-refractivity contribution in [2.45, 2.75) is 26.7 Å². The smallest absolute Gasteiger partial charge is 0.303 e. The van der Waals surface area contributed by atoms with Crippen LogP contribution >= 0.6 is 11.3 Å². The summed E-state index contributed by atoms with van der Waals surface area (Å²) < 4.78 is 0. The van der Waals surface area contributed by atoms with Gasteiger partial charge in [0.15, 0.2) is 0 Å². The summed E-state index contributed by atoms with van der Waals surface area (Å²) in [5.74, 6) is -1.26. The molecule has 6 heteroatoms. The summed E-state index contributed by atoms with van der Waals surface area (Å²) >= 11 is 1.47. The molecule has 1 amide bonds. The number of hydrogen-bond acceptors (Lipinski definition) is 4. The summed E-state index contributed by atoms with van der Waals surface area (Å²) in [4.78, 5) is 27.4. The van der Waals surface area contributed by atoms with Crippen molar-refractivity contribution in [2.24, 2.45) is 0 Å². The number of rotatable bonds is 4. The lowest BCUT2D eigenvalue weighted by Crippen LogP contribution is -2.13. The van der Waals surface area contributed by atoms with Crippen LogP contribution in [0.1, 0.15) is 24.1 Å². The maximum atomic E-state index is 11.6. The summed E-state index contributed by atoms with van der Waals surface area (Å²) in [6.45, 7) is 3.90. The third kappa shape index (κ3) is 3.08. The minimum atomic E-state index is -0.973. The van der Waals surface area contributed by atoms with Crippen LogP contribution in [0.3, 0.4) is 0 Å². The van der Waals surface area contributed by atoms with Crippen LogP contribution in [-0.4, -0.2) is 22.0 Å². The zero-order chi connectivity index (χ0) is 14.0. The van der Waals surface area contributed by atoms with Gasteiger partial charge in [0.25, 0.3) is 0 Å². The molecule has 0 spiro atoms. The maximum Gasteiger partial charge on any atom is 0.303 e. The van der Waals surface area contributed by atoms with E-state index in [2.05, 4.69) is 10.3 Å². The number of carboxylic acids is 1. The van der Waals surface area contributed by atoms with Crippen molar-refractivity contribution in [2.75, 3.05) is 5.32 Å². The van der Waals surface area contributed by atoms with Gasteiger partial charge in [-0.05, 0) is 25.5 Å². The summed E-state index contributed by atoms with van der Waals surface area (Å²) in [5, 5.41) is 14.1. The van der Waals surface area contributed by atoms with Crippen LogP contribution in [0.2, 0.25) is 0 Å². The van der Waals surface area contributed by atoms with Crippen molar-refractivity contribution in [1.29, 1.82) is 0 Å². The molecular formula is C13H14N2O3S. The highest BCUT2D eigenvalue weighted by Crippen LogP contribution is 2.32. The number of anilines is 1. The molecule has 2 aromatic heterocycles. The summed E-state index contributed by atoms with van der Waals surface area (Å²) in [5.41, 5.74) is 2.70. The standard InChI is InChI=1S/C13H14N2O3S/c1-7-5-8(2)14-13-12(7)9(6-19-13)15-10(16)3-4-11(17)18/h5-6H,3-4H2,1-2H3,(H,15,16)(H,17,18). The predicted octanol–water partition coefficient (Wildman–Crippen LogP) is 2.72. The molecule has 0 saturated heterocycles. The average molecular weight is 278 g/mol. The van der Waals surface area contributed by atoms with Crippen LogP contribution in [0.25, 0.3) is 10.2 Å². The number of aryl methyl sites for hydroxylation is 2. The molecule has 0 unspecified atom stereocenters. The number of nitrogens with zero attached hydrogens (tertiary/aromatic N) is 1. The molecule has 0 bridgehead atoms. The van der Waals surface area contributed by atoms with Gasteiger partial charge in [0, 0.05) is 22.9 Å². The molecule has 0 aromatic carbocycles. The number of thiophene rings is 1. The van der Waals surface area contributed by atoms with Crippen molar-refractivity contribution >= 4 is 39.1 Å². The van der Waals surface area contributed by atoms with E-state index in [0.717, 1.165) is 21.5 Å². The number of fused-ring (bicyclic) bond motifs is 1. The highest BCUT2D eigenvalue weighted by molar-refractivity contribution is 7.17. The van der Waals surface area contributed by atoms with Crippen LogP contribution in [0, 0.1) is 13.8 Å². The Morgan fingerprint density at radius 1 is 1.37 bits per heavy atom. The second kappa shape index (κ2) is 5.36.